The molecule has 0 aliphatic carbocycles. The molecule has 0 saturated heterocycles. The van der Waals surface area contributed by atoms with Crippen LogP contribution < -0.4 is 10.6 Å². The molecule has 3 N–H and O–H groups in total. The number of nitrogens with zero attached hydrogens (tertiary/aromatic N) is 1. The number of nitrogens with one attached hydrogen (secondary N) is 3. The van der Waals surface area contributed by atoms with Crippen LogP contribution in [0.15, 0.2) is 24.4 Å². The average Bonchev–Trinajstić information content (AvgIpc) is 2.77. The molecule has 1 heterocycles. The highest BCUT2D eigenvalue weighted by molar-refractivity contribution is 6.01. The minimum absolute atomic E-state index is 0.0652. The summed E-state index contributed by atoms with van der Waals surface area (Å²) in [5.74, 6) is -0.0652. The molecule has 84 valence electrons. The monoisotopic (exact) mass is 218 g/mol. The van der Waals surface area contributed by atoms with Crippen LogP contribution in [0.3, 0.4) is 0 Å². The predicted octanol–water partition coefficient (Wildman–Crippen LogP) is 1.11. The largest absolute Gasteiger partial charge is 0.323 e. The second-order valence-corrected chi connectivity index (χ2v) is 3.64. The number of aromatic amines is 1. The lowest BCUT2D eigenvalue weighted by molar-refractivity contribution is -0.117. The van der Waals surface area contributed by atoms with E-state index in [1.54, 1.807) is 13.2 Å². The number of hydrogen-bond donors (Lipinski definition) is 3. The first-order valence-electron chi connectivity index (χ1n) is 5.12. The summed E-state index contributed by atoms with van der Waals surface area (Å²) in [7, 11) is 1.75. The Morgan fingerprint density at radius 3 is 3.06 bits per heavy atom. The van der Waals surface area contributed by atoms with E-state index in [1.165, 1.54) is 0 Å². The Kier molecular flexibility index (Phi) is 2.87. The molecule has 1 aromatic heterocycles. The van der Waals surface area contributed by atoms with E-state index in [0.717, 1.165) is 16.6 Å². The van der Waals surface area contributed by atoms with Gasteiger partial charge in [0.05, 0.1) is 23.4 Å². The van der Waals surface area contributed by atoms with Gasteiger partial charge < -0.3 is 10.6 Å². The zero-order valence-corrected chi connectivity index (χ0v) is 9.24. The molecule has 0 saturated carbocycles. The molecule has 0 spiro atoms. The van der Waals surface area contributed by atoms with Gasteiger partial charge in [-0.1, -0.05) is 12.1 Å². The summed E-state index contributed by atoms with van der Waals surface area (Å²) < 4.78 is 0. The predicted molar refractivity (Wildman–Crippen MR) is 63.2 cm³/mol. The van der Waals surface area contributed by atoms with Crippen molar-refractivity contribution in [2.24, 2.45) is 0 Å². The number of carbonyl (C=O) groups excluding carboxylic acids is 1. The number of para-hydroxylation sites is 1. The maximum absolute atomic E-state index is 11.7. The summed E-state index contributed by atoms with van der Waals surface area (Å²) in [6.07, 6.45) is 1.73. The van der Waals surface area contributed by atoms with Gasteiger partial charge in [-0.15, -0.1) is 0 Å². The van der Waals surface area contributed by atoms with Crippen LogP contribution in [-0.4, -0.2) is 29.2 Å². The lowest BCUT2D eigenvalue weighted by Crippen LogP contribution is -2.35. The Morgan fingerprint density at radius 2 is 2.31 bits per heavy atom. The molecular formula is C11H14N4O. The fourth-order valence-electron chi connectivity index (χ4n) is 1.45. The van der Waals surface area contributed by atoms with E-state index in [9.17, 15) is 4.79 Å². The molecule has 16 heavy (non-hydrogen) atoms. The summed E-state index contributed by atoms with van der Waals surface area (Å²) >= 11 is 0. The van der Waals surface area contributed by atoms with Gasteiger partial charge in [-0.3, -0.25) is 9.89 Å². The van der Waals surface area contributed by atoms with Crippen molar-refractivity contribution in [3.05, 3.63) is 24.4 Å². The number of fused-ring (bicyclic) bond motifs is 1. The van der Waals surface area contributed by atoms with Crippen LogP contribution in [0.25, 0.3) is 10.9 Å². The number of benzene rings is 1. The molecule has 1 aromatic carbocycles. The van der Waals surface area contributed by atoms with Crippen LogP contribution >= 0.6 is 0 Å². The van der Waals surface area contributed by atoms with Crippen LogP contribution in [-0.2, 0) is 4.79 Å². The number of H-pyrrole nitrogens is 1. The summed E-state index contributed by atoms with van der Waals surface area (Å²) in [5, 5.41) is 13.5. The number of anilines is 1. The van der Waals surface area contributed by atoms with Crippen molar-refractivity contribution in [2.75, 3.05) is 12.4 Å². The number of rotatable bonds is 3. The van der Waals surface area contributed by atoms with Gasteiger partial charge in [0.25, 0.3) is 0 Å². The van der Waals surface area contributed by atoms with E-state index in [4.69, 9.17) is 0 Å². The fraction of sp³-hybridized carbons (Fsp3) is 0.273. The van der Waals surface area contributed by atoms with Crippen LogP contribution in [0.4, 0.5) is 5.69 Å². The smallest absolute Gasteiger partial charge is 0.241 e. The quantitative estimate of drug-likeness (QED) is 0.722. The van der Waals surface area contributed by atoms with Crippen LogP contribution in [0, 0.1) is 0 Å². The lowest BCUT2D eigenvalue weighted by atomic mass is 10.2. The minimum Gasteiger partial charge on any atom is -0.323 e. The van der Waals surface area contributed by atoms with Gasteiger partial charge in [-0.25, -0.2) is 0 Å². The summed E-state index contributed by atoms with van der Waals surface area (Å²) in [6.45, 7) is 1.81. The SMILES string of the molecule is CN[C@H](C)C(=O)Nc1cccc2cn[nH]c12. The third kappa shape index (κ3) is 1.90. The first-order valence-corrected chi connectivity index (χ1v) is 5.12. The van der Waals surface area contributed by atoms with Gasteiger partial charge in [0.2, 0.25) is 5.91 Å². The van der Waals surface area contributed by atoms with Gasteiger partial charge >= 0.3 is 0 Å². The number of hydrogen-bond acceptors (Lipinski definition) is 3. The van der Waals surface area contributed by atoms with Gasteiger partial charge in [0.1, 0.15) is 0 Å². The Hall–Kier alpha value is -1.88. The Morgan fingerprint density at radius 1 is 1.50 bits per heavy atom. The molecule has 2 aromatic rings. The van der Waals surface area contributed by atoms with Crippen molar-refractivity contribution in [3.8, 4) is 0 Å². The second kappa shape index (κ2) is 4.32. The minimum atomic E-state index is -0.224. The number of aromatic nitrogens is 2. The number of likely N-dealkylation sites (N-methyl/N-ethyl adjacent to an activating group) is 1. The summed E-state index contributed by atoms with van der Waals surface area (Å²) in [5.41, 5.74) is 1.60. The van der Waals surface area contributed by atoms with E-state index in [-0.39, 0.29) is 11.9 Å². The highest BCUT2D eigenvalue weighted by atomic mass is 16.2. The van der Waals surface area contributed by atoms with Gasteiger partial charge in [0, 0.05) is 5.39 Å². The summed E-state index contributed by atoms with van der Waals surface area (Å²) in [4.78, 5) is 11.7. The van der Waals surface area contributed by atoms with Crippen molar-refractivity contribution < 1.29 is 4.79 Å². The first kappa shape index (κ1) is 10.6. The van der Waals surface area contributed by atoms with E-state index in [1.807, 2.05) is 25.1 Å². The summed E-state index contributed by atoms with van der Waals surface area (Å²) in [6, 6.07) is 5.45. The zero-order valence-electron chi connectivity index (χ0n) is 9.24. The zero-order chi connectivity index (χ0) is 11.5. The van der Waals surface area contributed by atoms with Crippen molar-refractivity contribution >= 4 is 22.5 Å². The van der Waals surface area contributed by atoms with E-state index < -0.39 is 0 Å². The molecule has 0 unspecified atom stereocenters. The highest BCUT2D eigenvalue weighted by Crippen LogP contribution is 2.20. The van der Waals surface area contributed by atoms with E-state index in [2.05, 4.69) is 20.8 Å². The van der Waals surface area contributed by atoms with Crippen molar-refractivity contribution in [1.82, 2.24) is 15.5 Å². The van der Waals surface area contributed by atoms with Crippen LogP contribution in [0.1, 0.15) is 6.92 Å². The molecule has 5 nitrogen and oxygen atoms in total. The Labute approximate surface area is 93.2 Å². The van der Waals surface area contributed by atoms with Crippen LogP contribution in [0.2, 0.25) is 0 Å². The lowest BCUT2D eigenvalue weighted by Gasteiger charge is -2.11. The van der Waals surface area contributed by atoms with Crippen molar-refractivity contribution in [2.45, 2.75) is 13.0 Å². The molecule has 0 aliphatic rings. The molecule has 0 aliphatic heterocycles. The molecule has 0 fully saturated rings. The Bertz CT molecular complexity index is 505. The van der Waals surface area contributed by atoms with Crippen molar-refractivity contribution in [3.63, 3.8) is 0 Å². The van der Waals surface area contributed by atoms with Gasteiger partial charge in [-0.2, -0.15) is 5.10 Å². The second-order valence-electron chi connectivity index (χ2n) is 3.64. The maximum atomic E-state index is 11.7. The van der Waals surface area contributed by atoms with E-state index in [0.29, 0.717) is 0 Å². The number of amides is 1. The molecule has 0 bridgehead atoms. The van der Waals surface area contributed by atoms with Gasteiger partial charge in [0.15, 0.2) is 0 Å². The molecule has 2 rings (SSSR count). The van der Waals surface area contributed by atoms with E-state index >= 15 is 0 Å². The molecular weight excluding hydrogens is 204 g/mol. The van der Waals surface area contributed by atoms with Crippen LogP contribution in [0.5, 0.6) is 0 Å². The Balaban J connectivity index is 2.27. The first-order chi connectivity index (χ1) is 7.72. The van der Waals surface area contributed by atoms with Crippen molar-refractivity contribution in [1.29, 1.82) is 0 Å². The fourth-order valence-corrected chi connectivity index (χ4v) is 1.45. The number of carbonyl (C=O) groups is 1. The highest BCUT2D eigenvalue weighted by Gasteiger charge is 2.12. The standard InChI is InChI=1S/C11H14N4O/c1-7(12-2)11(16)14-9-5-3-4-8-6-13-15-10(8)9/h3-7,12H,1-2H3,(H,13,15)(H,14,16)/t7-/m1/s1. The third-order valence-electron chi connectivity index (χ3n) is 2.56. The average molecular weight is 218 g/mol. The third-order valence-corrected chi connectivity index (χ3v) is 2.56. The molecule has 0 radical (unpaired) electrons. The normalized spacial score (nSPS) is 12.6. The maximum Gasteiger partial charge on any atom is 0.241 e. The molecule has 5 heteroatoms. The van der Waals surface area contributed by atoms with Gasteiger partial charge in [-0.05, 0) is 20.0 Å². The molecule has 1 amide bonds. The molecule has 1 atom stereocenters. The topological polar surface area (TPSA) is 69.8 Å².